The molecule has 0 spiro atoms. The molecule has 3 unspecified atom stereocenters. The fraction of sp³-hybridized carbons (Fsp3) is 0.714. The van der Waals surface area contributed by atoms with Crippen LogP contribution in [-0.4, -0.2) is 48.8 Å². The number of likely N-dealkylation sites (tertiary alicyclic amines) is 1. The predicted octanol–water partition coefficient (Wildman–Crippen LogP) is 3.36. The van der Waals surface area contributed by atoms with Crippen molar-refractivity contribution in [3.63, 3.8) is 0 Å². The van der Waals surface area contributed by atoms with E-state index in [-0.39, 0.29) is 0 Å². The van der Waals surface area contributed by atoms with Gasteiger partial charge in [-0.15, -0.1) is 0 Å². The molecule has 1 saturated carbocycles. The lowest BCUT2D eigenvalue weighted by Crippen LogP contribution is -2.49. The van der Waals surface area contributed by atoms with Crippen molar-refractivity contribution in [2.75, 3.05) is 26.7 Å². The van der Waals surface area contributed by atoms with Crippen molar-refractivity contribution >= 4 is 0 Å². The summed E-state index contributed by atoms with van der Waals surface area (Å²) in [5.74, 6) is 1.68. The van der Waals surface area contributed by atoms with Gasteiger partial charge in [0.05, 0.1) is 13.2 Å². The van der Waals surface area contributed by atoms with Crippen molar-refractivity contribution in [3.8, 4) is 5.75 Å². The van der Waals surface area contributed by atoms with Gasteiger partial charge < -0.3 is 20.1 Å². The van der Waals surface area contributed by atoms with Crippen molar-refractivity contribution < 1.29 is 9.84 Å². The molecule has 140 valence electrons. The second-order valence-corrected chi connectivity index (χ2v) is 7.84. The number of aliphatic hydroxyl groups excluding tert-OH is 1. The molecule has 0 bridgehead atoms. The molecule has 1 heterocycles. The lowest BCUT2D eigenvalue weighted by molar-refractivity contribution is 0.0779. The van der Waals surface area contributed by atoms with Gasteiger partial charge in [-0.2, -0.15) is 0 Å². The van der Waals surface area contributed by atoms with Gasteiger partial charge in [-0.25, -0.2) is 0 Å². The molecule has 2 aliphatic rings. The summed E-state index contributed by atoms with van der Waals surface area (Å²) in [5.41, 5.74) is 0.946. The quantitative estimate of drug-likeness (QED) is 0.829. The molecule has 1 aliphatic carbocycles. The highest BCUT2D eigenvalue weighted by Gasteiger charge is 2.30. The number of methoxy groups -OCH3 is 1. The summed E-state index contributed by atoms with van der Waals surface area (Å²) in [4.78, 5) is 2.72. The number of rotatable bonds is 6. The topological polar surface area (TPSA) is 44.7 Å². The average molecular weight is 347 g/mol. The average Bonchev–Trinajstić information content (AvgIpc) is 2.67. The zero-order valence-electron chi connectivity index (χ0n) is 15.8. The van der Waals surface area contributed by atoms with Gasteiger partial charge >= 0.3 is 0 Å². The van der Waals surface area contributed by atoms with E-state index in [9.17, 15) is 5.11 Å². The molecule has 1 aliphatic heterocycles. The van der Waals surface area contributed by atoms with Gasteiger partial charge in [0.1, 0.15) is 5.75 Å². The van der Waals surface area contributed by atoms with E-state index in [0.717, 1.165) is 23.3 Å². The van der Waals surface area contributed by atoms with Crippen LogP contribution in [0.5, 0.6) is 5.75 Å². The van der Waals surface area contributed by atoms with Gasteiger partial charge in [0.15, 0.2) is 0 Å². The SMILES string of the molecule is COc1ccc(C(O)CNC2CCN(C3CCCCC3C)CC2)cc1. The van der Waals surface area contributed by atoms with Crippen molar-refractivity contribution in [2.24, 2.45) is 5.92 Å². The second kappa shape index (κ2) is 9.02. The first kappa shape index (κ1) is 18.7. The Balaban J connectivity index is 1.41. The number of benzene rings is 1. The zero-order valence-corrected chi connectivity index (χ0v) is 15.8. The molecule has 1 saturated heterocycles. The molecule has 3 rings (SSSR count). The molecule has 1 aromatic carbocycles. The summed E-state index contributed by atoms with van der Waals surface area (Å²) in [6.07, 6.45) is 7.53. The predicted molar refractivity (Wildman–Crippen MR) is 102 cm³/mol. The van der Waals surface area contributed by atoms with Crippen LogP contribution in [0.4, 0.5) is 0 Å². The maximum Gasteiger partial charge on any atom is 0.118 e. The summed E-state index contributed by atoms with van der Waals surface area (Å²) in [7, 11) is 1.66. The molecular weight excluding hydrogens is 312 g/mol. The Morgan fingerprint density at radius 3 is 2.44 bits per heavy atom. The van der Waals surface area contributed by atoms with Crippen LogP contribution in [0.15, 0.2) is 24.3 Å². The number of hydrogen-bond acceptors (Lipinski definition) is 4. The lowest BCUT2D eigenvalue weighted by Gasteiger charge is -2.42. The molecule has 4 heteroatoms. The third-order valence-corrected chi connectivity index (χ3v) is 6.17. The summed E-state index contributed by atoms with van der Waals surface area (Å²) in [6, 6.07) is 9.03. The first-order chi connectivity index (χ1) is 12.2. The van der Waals surface area contributed by atoms with Gasteiger partial charge in [0.2, 0.25) is 0 Å². The van der Waals surface area contributed by atoms with Gasteiger partial charge in [0, 0.05) is 18.6 Å². The summed E-state index contributed by atoms with van der Waals surface area (Å²) in [5, 5.41) is 14.0. The van der Waals surface area contributed by atoms with E-state index in [1.165, 1.54) is 51.6 Å². The maximum absolute atomic E-state index is 10.4. The Bertz CT molecular complexity index is 511. The highest BCUT2D eigenvalue weighted by atomic mass is 16.5. The Morgan fingerprint density at radius 2 is 1.80 bits per heavy atom. The van der Waals surface area contributed by atoms with Gasteiger partial charge in [-0.3, -0.25) is 0 Å². The van der Waals surface area contributed by atoms with Crippen LogP contribution >= 0.6 is 0 Å². The summed E-state index contributed by atoms with van der Waals surface area (Å²) < 4.78 is 5.17. The van der Waals surface area contributed by atoms with Crippen LogP contribution in [0.1, 0.15) is 57.1 Å². The van der Waals surface area contributed by atoms with E-state index in [0.29, 0.717) is 12.6 Å². The number of piperidine rings is 1. The van der Waals surface area contributed by atoms with E-state index < -0.39 is 6.10 Å². The Morgan fingerprint density at radius 1 is 1.12 bits per heavy atom. The van der Waals surface area contributed by atoms with Crippen LogP contribution in [0.25, 0.3) is 0 Å². The first-order valence-corrected chi connectivity index (χ1v) is 9.97. The van der Waals surface area contributed by atoms with E-state index in [4.69, 9.17) is 4.74 Å². The third kappa shape index (κ3) is 4.96. The fourth-order valence-electron chi connectivity index (χ4n) is 4.50. The van der Waals surface area contributed by atoms with Gasteiger partial charge in [-0.1, -0.05) is 31.9 Å². The van der Waals surface area contributed by atoms with E-state index in [1.54, 1.807) is 7.11 Å². The third-order valence-electron chi connectivity index (χ3n) is 6.17. The molecular formula is C21H34N2O2. The summed E-state index contributed by atoms with van der Waals surface area (Å²) in [6.45, 7) is 5.45. The molecule has 1 aromatic rings. The van der Waals surface area contributed by atoms with Crippen molar-refractivity contribution in [1.29, 1.82) is 0 Å². The Labute approximate surface area is 152 Å². The number of aliphatic hydroxyl groups is 1. The lowest BCUT2D eigenvalue weighted by atomic mass is 9.84. The molecule has 2 N–H and O–H groups in total. The Kier molecular flexibility index (Phi) is 6.74. The largest absolute Gasteiger partial charge is 0.497 e. The van der Waals surface area contributed by atoms with Crippen LogP contribution < -0.4 is 10.1 Å². The van der Waals surface area contributed by atoms with E-state index in [1.807, 2.05) is 24.3 Å². The van der Waals surface area contributed by atoms with E-state index >= 15 is 0 Å². The maximum atomic E-state index is 10.4. The van der Waals surface area contributed by atoms with Crippen molar-refractivity contribution in [1.82, 2.24) is 10.2 Å². The molecule has 0 radical (unpaired) electrons. The van der Waals surface area contributed by atoms with Crippen LogP contribution in [0, 0.1) is 5.92 Å². The smallest absolute Gasteiger partial charge is 0.118 e. The van der Waals surface area contributed by atoms with Crippen molar-refractivity contribution in [3.05, 3.63) is 29.8 Å². The minimum absolute atomic E-state index is 0.456. The standard InChI is InChI=1S/C21H34N2O2/c1-16-5-3-4-6-20(16)23-13-11-18(12-14-23)22-15-21(24)17-7-9-19(25-2)10-8-17/h7-10,16,18,20-22,24H,3-6,11-15H2,1-2H3. The zero-order chi connectivity index (χ0) is 17.6. The Hall–Kier alpha value is -1.10. The number of nitrogens with zero attached hydrogens (tertiary/aromatic N) is 1. The number of hydrogen-bond donors (Lipinski definition) is 2. The number of nitrogens with one attached hydrogen (secondary N) is 1. The summed E-state index contributed by atoms with van der Waals surface area (Å²) >= 11 is 0. The molecule has 25 heavy (non-hydrogen) atoms. The molecule has 3 atom stereocenters. The van der Waals surface area contributed by atoms with Crippen molar-refractivity contribution in [2.45, 2.75) is 63.6 Å². The normalized spacial score (nSPS) is 27.2. The first-order valence-electron chi connectivity index (χ1n) is 9.97. The monoisotopic (exact) mass is 346 g/mol. The molecule has 4 nitrogen and oxygen atoms in total. The highest BCUT2D eigenvalue weighted by molar-refractivity contribution is 5.28. The number of ether oxygens (including phenoxy) is 1. The minimum Gasteiger partial charge on any atom is -0.497 e. The van der Waals surface area contributed by atoms with Crippen LogP contribution in [0.2, 0.25) is 0 Å². The van der Waals surface area contributed by atoms with Gasteiger partial charge in [0.25, 0.3) is 0 Å². The fourth-order valence-corrected chi connectivity index (χ4v) is 4.50. The van der Waals surface area contributed by atoms with Gasteiger partial charge in [-0.05, 0) is 62.4 Å². The minimum atomic E-state index is -0.456. The van der Waals surface area contributed by atoms with Crippen LogP contribution in [0.3, 0.4) is 0 Å². The van der Waals surface area contributed by atoms with E-state index in [2.05, 4.69) is 17.1 Å². The molecule has 2 fully saturated rings. The molecule has 0 amide bonds. The van der Waals surface area contributed by atoms with Crippen LogP contribution in [-0.2, 0) is 0 Å². The highest BCUT2D eigenvalue weighted by Crippen LogP contribution is 2.30. The molecule has 0 aromatic heterocycles. The second-order valence-electron chi connectivity index (χ2n) is 7.84.